The van der Waals surface area contributed by atoms with Gasteiger partial charge < -0.3 is 0 Å². The summed E-state index contributed by atoms with van der Waals surface area (Å²) in [5.41, 5.74) is 1.79. The molecule has 0 saturated heterocycles. The quantitative estimate of drug-likeness (QED) is 0.579. The van der Waals surface area contributed by atoms with E-state index in [1.807, 2.05) is 5.38 Å². The molecule has 0 bridgehead atoms. The average molecular weight is 205 g/mol. The third-order valence-electron chi connectivity index (χ3n) is 0.347. The Kier molecular flexibility index (Phi) is 10.4. The van der Waals surface area contributed by atoms with Crippen LogP contribution in [0.4, 0.5) is 0 Å². The van der Waals surface area contributed by atoms with Gasteiger partial charge >= 0.3 is 0 Å². The smallest absolute Gasteiger partial charge is 0.0791 e. The van der Waals surface area contributed by atoms with Gasteiger partial charge in [0.1, 0.15) is 0 Å². The average Bonchev–Trinajstić information content (AvgIpc) is 1.76. The molecule has 1 aromatic rings. The Hall–Kier alpha value is 0.773. The van der Waals surface area contributed by atoms with Gasteiger partial charge in [-0.05, 0) is 0 Å². The van der Waals surface area contributed by atoms with Crippen LogP contribution in [0.25, 0.3) is 0 Å². The summed E-state index contributed by atoms with van der Waals surface area (Å²) in [5, 5.41) is 1.93. The molecule has 0 unspecified atom stereocenters. The molecule has 1 heterocycles. The molecular formula is C3H3MnNSZn. The van der Waals surface area contributed by atoms with E-state index in [9.17, 15) is 0 Å². The first kappa shape index (κ1) is 10.7. The van der Waals surface area contributed by atoms with Gasteiger partial charge in [0.05, 0.1) is 5.51 Å². The van der Waals surface area contributed by atoms with Crippen molar-refractivity contribution in [2.75, 3.05) is 0 Å². The molecule has 0 atom stereocenters. The van der Waals surface area contributed by atoms with Crippen molar-refractivity contribution in [3.63, 3.8) is 0 Å². The van der Waals surface area contributed by atoms with Crippen molar-refractivity contribution >= 4 is 11.3 Å². The first-order valence-corrected chi connectivity index (χ1v) is 2.26. The second-order valence-electron chi connectivity index (χ2n) is 0.676. The number of thiazole rings is 1. The molecule has 0 spiro atoms. The second kappa shape index (κ2) is 6.77. The summed E-state index contributed by atoms with van der Waals surface area (Å²) in [4.78, 5) is 3.74. The normalized spacial score (nSPS) is 5.71. The molecule has 1 radical (unpaired) electrons. The maximum Gasteiger partial charge on any atom is 0.0791 e. The second-order valence-corrected chi connectivity index (χ2v) is 1.43. The van der Waals surface area contributed by atoms with Gasteiger partial charge in [-0.2, -0.15) is 0 Å². The van der Waals surface area contributed by atoms with Crippen LogP contribution in [-0.4, -0.2) is 4.98 Å². The third kappa shape index (κ3) is 4.63. The van der Waals surface area contributed by atoms with E-state index in [1.165, 1.54) is 0 Å². The predicted octanol–water partition coefficient (Wildman–Crippen LogP) is 1.14. The summed E-state index contributed by atoms with van der Waals surface area (Å²) in [6, 6.07) is 0. The molecule has 0 aliphatic rings. The van der Waals surface area contributed by atoms with Crippen molar-refractivity contribution in [2.45, 2.75) is 0 Å². The SMILES string of the molecule is [Mn].[Zn].c1cscn1. The molecule has 4 heteroatoms. The van der Waals surface area contributed by atoms with Crippen LogP contribution in [-0.2, 0) is 36.5 Å². The van der Waals surface area contributed by atoms with Gasteiger partial charge in [-0.1, -0.05) is 0 Å². The van der Waals surface area contributed by atoms with Gasteiger partial charge in [-0.3, -0.25) is 4.98 Å². The minimum Gasteiger partial charge on any atom is -0.253 e. The van der Waals surface area contributed by atoms with Crippen LogP contribution in [0.5, 0.6) is 0 Å². The van der Waals surface area contributed by atoms with Gasteiger partial charge in [-0.25, -0.2) is 0 Å². The number of hydrogen-bond donors (Lipinski definition) is 0. The monoisotopic (exact) mass is 204 g/mol. The Morgan fingerprint density at radius 3 is 2.29 bits per heavy atom. The zero-order valence-electron chi connectivity index (χ0n) is 3.67. The summed E-state index contributed by atoms with van der Waals surface area (Å²) in [7, 11) is 0. The molecule has 1 aromatic heterocycles. The number of nitrogens with zero attached hydrogens (tertiary/aromatic N) is 1. The van der Waals surface area contributed by atoms with Gasteiger partial charge in [0, 0.05) is 48.1 Å². The fourth-order valence-electron chi connectivity index (χ4n) is 0.176. The van der Waals surface area contributed by atoms with Crippen LogP contribution in [0.1, 0.15) is 0 Å². The van der Waals surface area contributed by atoms with Crippen LogP contribution >= 0.6 is 11.3 Å². The van der Waals surface area contributed by atoms with Gasteiger partial charge in [-0.15, -0.1) is 11.3 Å². The molecule has 1 rings (SSSR count). The molecule has 0 N–H and O–H groups in total. The molecule has 7 heavy (non-hydrogen) atoms. The third-order valence-corrected chi connectivity index (χ3v) is 0.869. The van der Waals surface area contributed by atoms with Crippen molar-refractivity contribution in [1.29, 1.82) is 0 Å². The Morgan fingerprint density at radius 1 is 1.43 bits per heavy atom. The number of aromatic nitrogens is 1. The van der Waals surface area contributed by atoms with E-state index in [1.54, 1.807) is 23.0 Å². The van der Waals surface area contributed by atoms with Crippen molar-refractivity contribution < 1.29 is 36.5 Å². The fourth-order valence-corrected chi connectivity index (χ4v) is 0.527. The van der Waals surface area contributed by atoms with Crippen molar-refractivity contribution in [3.05, 3.63) is 17.1 Å². The molecule has 0 saturated carbocycles. The maximum absolute atomic E-state index is 3.74. The van der Waals surface area contributed by atoms with E-state index >= 15 is 0 Å². The first-order chi connectivity index (χ1) is 2.50. The number of hydrogen-bond acceptors (Lipinski definition) is 2. The summed E-state index contributed by atoms with van der Waals surface area (Å²) >= 11 is 1.60. The summed E-state index contributed by atoms with van der Waals surface area (Å²) in [6.07, 6.45) is 1.77. The molecule has 0 aromatic carbocycles. The Labute approximate surface area is 69.8 Å². The Bertz CT molecular complexity index is 71.4. The largest absolute Gasteiger partial charge is 0.253 e. The molecule has 1 nitrogen and oxygen atoms in total. The summed E-state index contributed by atoms with van der Waals surface area (Å²) in [6.45, 7) is 0. The van der Waals surface area contributed by atoms with E-state index in [2.05, 4.69) is 4.98 Å². The summed E-state index contributed by atoms with van der Waals surface area (Å²) < 4.78 is 0. The van der Waals surface area contributed by atoms with Crippen LogP contribution in [0, 0.1) is 0 Å². The maximum atomic E-state index is 3.74. The van der Waals surface area contributed by atoms with E-state index in [4.69, 9.17) is 0 Å². The standard InChI is InChI=1S/C3H3NS.Mn.Zn/c1-2-5-3-4-1;;/h1-3H;;. The van der Waals surface area contributed by atoms with Gasteiger partial charge in [0.15, 0.2) is 0 Å². The molecule has 0 amide bonds. The van der Waals surface area contributed by atoms with E-state index in [0.29, 0.717) is 0 Å². The predicted molar refractivity (Wildman–Crippen MR) is 22.1 cm³/mol. The van der Waals surface area contributed by atoms with Crippen LogP contribution < -0.4 is 0 Å². The molecular weight excluding hydrogens is 202 g/mol. The minimum atomic E-state index is 0. The van der Waals surface area contributed by atoms with Crippen LogP contribution in [0.3, 0.4) is 0 Å². The van der Waals surface area contributed by atoms with Crippen molar-refractivity contribution in [1.82, 2.24) is 4.98 Å². The number of rotatable bonds is 0. The van der Waals surface area contributed by atoms with Crippen molar-refractivity contribution in [2.24, 2.45) is 0 Å². The van der Waals surface area contributed by atoms with Crippen molar-refractivity contribution in [3.8, 4) is 0 Å². The van der Waals surface area contributed by atoms with E-state index < -0.39 is 0 Å². The Balaban J connectivity index is 0. The molecule has 0 aliphatic carbocycles. The fraction of sp³-hybridized carbons (Fsp3) is 0. The van der Waals surface area contributed by atoms with Crippen LogP contribution in [0.15, 0.2) is 17.1 Å². The molecule has 0 fully saturated rings. The molecule has 35 valence electrons. The van der Waals surface area contributed by atoms with E-state index in [0.717, 1.165) is 0 Å². The zero-order valence-corrected chi connectivity index (χ0v) is 8.64. The van der Waals surface area contributed by atoms with Gasteiger partial charge in [0.25, 0.3) is 0 Å². The Morgan fingerprint density at radius 2 is 2.14 bits per heavy atom. The van der Waals surface area contributed by atoms with Crippen LogP contribution in [0.2, 0.25) is 0 Å². The first-order valence-electron chi connectivity index (χ1n) is 1.32. The van der Waals surface area contributed by atoms with E-state index in [-0.39, 0.29) is 36.5 Å². The van der Waals surface area contributed by atoms with Gasteiger partial charge in [0.2, 0.25) is 0 Å². The molecule has 0 aliphatic heterocycles. The topological polar surface area (TPSA) is 12.9 Å². The zero-order chi connectivity index (χ0) is 3.54. The summed E-state index contributed by atoms with van der Waals surface area (Å²) in [5.74, 6) is 0. The minimum absolute atomic E-state index is 0.